The molecule has 162 valence electrons. The minimum Gasteiger partial charge on any atom is -0.497 e. The molecule has 1 heterocycles. The number of anilines is 2. The Balaban J connectivity index is 1.86. The molecule has 3 aromatic carbocycles. The number of ether oxygens (including phenoxy) is 1. The second-order valence-electron chi connectivity index (χ2n) is 7.11. The van der Waals surface area contributed by atoms with Crippen molar-refractivity contribution in [1.82, 2.24) is 9.78 Å². The smallest absolute Gasteiger partial charge is 0.337 e. The molecule has 0 saturated heterocycles. The van der Waals surface area contributed by atoms with E-state index in [9.17, 15) is 18.7 Å². The number of carboxylic acids is 1. The van der Waals surface area contributed by atoms with Gasteiger partial charge in [0.25, 0.3) is 0 Å². The molecule has 0 atom stereocenters. The molecule has 0 spiro atoms. The van der Waals surface area contributed by atoms with E-state index in [1.807, 2.05) is 6.92 Å². The minimum atomic E-state index is -1.14. The molecule has 0 saturated carbocycles. The van der Waals surface area contributed by atoms with Gasteiger partial charge in [0.2, 0.25) is 0 Å². The Hall–Kier alpha value is -4.20. The van der Waals surface area contributed by atoms with Gasteiger partial charge >= 0.3 is 5.97 Å². The highest BCUT2D eigenvalue weighted by molar-refractivity contribution is 5.95. The lowest BCUT2D eigenvalue weighted by atomic mass is 10.1. The van der Waals surface area contributed by atoms with Gasteiger partial charge in [0.1, 0.15) is 23.2 Å². The highest BCUT2D eigenvalue weighted by Gasteiger charge is 2.17. The maximum absolute atomic E-state index is 14.0. The fourth-order valence-corrected chi connectivity index (χ4v) is 3.30. The molecule has 32 heavy (non-hydrogen) atoms. The van der Waals surface area contributed by atoms with Crippen LogP contribution in [0.2, 0.25) is 0 Å². The van der Waals surface area contributed by atoms with Crippen LogP contribution in [0.3, 0.4) is 0 Å². The van der Waals surface area contributed by atoms with Crippen LogP contribution in [0.25, 0.3) is 16.9 Å². The summed E-state index contributed by atoms with van der Waals surface area (Å²) in [5, 5.41) is 17.3. The van der Waals surface area contributed by atoms with Crippen LogP contribution in [0, 0.1) is 18.6 Å². The van der Waals surface area contributed by atoms with E-state index in [-0.39, 0.29) is 11.4 Å². The average molecular weight is 435 g/mol. The van der Waals surface area contributed by atoms with Crippen molar-refractivity contribution in [3.05, 3.63) is 89.5 Å². The molecule has 4 rings (SSSR count). The van der Waals surface area contributed by atoms with Crippen molar-refractivity contribution in [2.45, 2.75) is 6.92 Å². The Morgan fingerprint density at radius 1 is 1.00 bits per heavy atom. The molecule has 0 aliphatic heterocycles. The highest BCUT2D eigenvalue weighted by atomic mass is 19.1. The Morgan fingerprint density at radius 3 is 2.41 bits per heavy atom. The lowest BCUT2D eigenvalue weighted by molar-refractivity contribution is 0.0697. The fourth-order valence-electron chi connectivity index (χ4n) is 3.30. The maximum Gasteiger partial charge on any atom is 0.337 e. The molecule has 2 N–H and O–H groups in total. The summed E-state index contributed by atoms with van der Waals surface area (Å²) in [5.74, 6) is -1.15. The molecule has 0 radical (unpaired) electrons. The Morgan fingerprint density at radius 2 is 1.72 bits per heavy atom. The monoisotopic (exact) mass is 435 g/mol. The zero-order chi connectivity index (χ0) is 22.8. The van der Waals surface area contributed by atoms with Gasteiger partial charge < -0.3 is 15.2 Å². The maximum atomic E-state index is 14.0. The summed E-state index contributed by atoms with van der Waals surface area (Å²) in [6.07, 6.45) is 0. The number of rotatable bonds is 6. The number of aromatic carboxylic acids is 1. The summed E-state index contributed by atoms with van der Waals surface area (Å²) in [7, 11) is 1.45. The van der Waals surface area contributed by atoms with Crippen LogP contribution in [0.5, 0.6) is 5.75 Å². The Bertz CT molecular complexity index is 1300. The number of hydrogen-bond donors (Lipinski definition) is 2. The van der Waals surface area contributed by atoms with Crippen LogP contribution in [-0.2, 0) is 0 Å². The van der Waals surface area contributed by atoms with Gasteiger partial charge in [-0.25, -0.2) is 18.3 Å². The molecule has 0 amide bonds. The number of methoxy groups -OCH3 is 1. The number of benzene rings is 3. The average Bonchev–Trinajstić information content (AvgIpc) is 3.19. The third kappa shape index (κ3) is 4.15. The number of nitrogens with one attached hydrogen (secondary N) is 1. The van der Waals surface area contributed by atoms with E-state index in [0.29, 0.717) is 34.2 Å². The van der Waals surface area contributed by atoms with Crippen LogP contribution in [0.15, 0.2) is 66.7 Å². The summed E-state index contributed by atoms with van der Waals surface area (Å²) >= 11 is 0. The standard InChI is InChI=1S/C24H19F2N3O3/c1-14-3-6-17(26)11-22(14)29-23(13-21(28-29)15-4-7-16(25)8-5-15)27-20-10-9-18(32-2)12-19(20)24(30)31/h3-13,27H,1-2H3,(H,30,31). The van der Waals surface area contributed by atoms with Crippen molar-refractivity contribution in [2.75, 3.05) is 12.4 Å². The van der Waals surface area contributed by atoms with Crippen molar-refractivity contribution in [2.24, 2.45) is 0 Å². The van der Waals surface area contributed by atoms with E-state index in [4.69, 9.17) is 4.74 Å². The van der Waals surface area contributed by atoms with Crippen molar-refractivity contribution >= 4 is 17.5 Å². The first kappa shape index (κ1) is 21.0. The number of nitrogens with zero attached hydrogens (tertiary/aromatic N) is 2. The first-order valence-corrected chi connectivity index (χ1v) is 9.66. The van der Waals surface area contributed by atoms with Gasteiger partial charge in [-0.2, -0.15) is 5.10 Å². The second kappa shape index (κ2) is 8.50. The largest absolute Gasteiger partial charge is 0.497 e. The normalized spacial score (nSPS) is 10.8. The van der Waals surface area contributed by atoms with Crippen LogP contribution in [-0.4, -0.2) is 28.0 Å². The van der Waals surface area contributed by atoms with Gasteiger partial charge in [0.15, 0.2) is 0 Å². The van der Waals surface area contributed by atoms with Crippen molar-refractivity contribution < 1.29 is 23.4 Å². The highest BCUT2D eigenvalue weighted by Crippen LogP contribution is 2.31. The zero-order valence-electron chi connectivity index (χ0n) is 17.3. The van der Waals surface area contributed by atoms with E-state index in [0.717, 1.165) is 5.56 Å². The summed E-state index contributed by atoms with van der Waals surface area (Å²) in [6.45, 7) is 1.81. The van der Waals surface area contributed by atoms with Crippen molar-refractivity contribution in [1.29, 1.82) is 0 Å². The summed E-state index contributed by atoms with van der Waals surface area (Å²) in [4.78, 5) is 11.8. The number of hydrogen-bond acceptors (Lipinski definition) is 4. The summed E-state index contributed by atoms with van der Waals surface area (Å²) in [5.41, 5.74) is 2.69. The predicted molar refractivity (Wildman–Crippen MR) is 117 cm³/mol. The van der Waals surface area contributed by atoms with E-state index < -0.39 is 11.8 Å². The van der Waals surface area contributed by atoms with Gasteiger partial charge in [0.05, 0.1) is 29.7 Å². The zero-order valence-corrected chi connectivity index (χ0v) is 17.3. The van der Waals surface area contributed by atoms with Gasteiger partial charge in [-0.3, -0.25) is 0 Å². The third-order valence-corrected chi connectivity index (χ3v) is 4.97. The molecule has 6 nitrogen and oxygen atoms in total. The number of aromatic nitrogens is 2. The van der Waals surface area contributed by atoms with Crippen LogP contribution >= 0.6 is 0 Å². The quantitative estimate of drug-likeness (QED) is 0.414. The topological polar surface area (TPSA) is 76.4 Å². The van der Waals surface area contributed by atoms with Gasteiger partial charge in [-0.05, 0) is 67.1 Å². The lowest BCUT2D eigenvalue weighted by Crippen LogP contribution is -2.08. The van der Waals surface area contributed by atoms with E-state index in [1.165, 1.54) is 42.1 Å². The molecular weight excluding hydrogens is 416 g/mol. The van der Waals surface area contributed by atoms with E-state index >= 15 is 0 Å². The Kier molecular flexibility index (Phi) is 5.59. The SMILES string of the molecule is COc1ccc(Nc2cc(-c3ccc(F)cc3)nn2-c2cc(F)ccc2C)c(C(=O)O)c1. The summed E-state index contributed by atoms with van der Waals surface area (Å²) < 4.78 is 34.0. The predicted octanol–water partition coefficient (Wildman–Crippen LogP) is 5.58. The molecule has 0 bridgehead atoms. The molecule has 0 aliphatic carbocycles. The third-order valence-electron chi connectivity index (χ3n) is 4.97. The Labute approximate surface area is 182 Å². The fraction of sp³-hybridized carbons (Fsp3) is 0.0833. The summed E-state index contributed by atoms with van der Waals surface area (Å²) in [6, 6.07) is 16.4. The minimum absolute atomic E-state index is 0.00334. The molecule has 0 aliphatic rings. The number of halogens is 2. The molecule has 0 unspecified atom stereocenters. The van der Waals surface area contributed by atoms with E-state index in [2.05, 4.69) is 10.4 Å². The second-order valence-corrected chi connectivity index (χ2v) is 7.11. The number of carbonyl (C=O) groups is 1. The van der Waals surface area contributed by atoms with Gasteiger partial charge in [-0.1, -0.05) is 6.07 Å². The first-order valence-electron chi connectivity index (χ1n) is 9.66. The van der Waals surface area contributed by atoms with Crippen LogP contribution in [0.4, 0.5) is 20.3 Å². The van der Waals surface area contributed by atoms with Crippen molar-refractivity contribution in [3.8, 4) is 22.7 Å². The number of carboxylic acid groups (broad SMARTS) is 1. The number of aryl methyl sites for hydroxylation is 1. The van der Waals surface area contributed by atoms with E-state index in [1.54, 1.807) is 36.4 Å². The van der Waals surface area contributed by atoms with Crippen LogP contribution < -0.4 is 10.1 Å². The van der Waals surface area contributed by atoms with Gasteiger partial charge in [-0.15, -0.1) is 0 Å². The molecule has 1 aromatic heterocycles. The first-order chi connectivity index (χ1) is 15.4. The molecule has 8 heteroatoms. The molecule has 4 aromatic rings. The van der Waals surface area contributed by atoms with Gasteiger partial charge in [0, 0.05) is 11.6 Å². The van der Waals surface area contributed by atoms with Crippen molar-refractivity contribution in [3.63, 3.8) is 0 Å². The molecule has 0 fully saturated rings. The molecular formula is C24H19F2N3O3. The van der Waals surface area contributed by atoms with Crippen LogP contribution in [0.1, 0.15) is 15.9 Å². The lowest BCUT2D eigenvalue weighted by Gasteiger charge is -2.14.